The number of amides is 1. The first-order valence-corrected chi connectivity index (χ1v) is 7.94. The van der Waals surface area contributed by atoms with Crippen molar-refractivity contribution in [3.05, 3.63) is 52.0 Å². The number of pyridine rings is 1. The summed E-state index contributed by atoms with van der Waals surface area (Å²) in [6.07, 6.45) is 6.65. The number of imidazole rings is 1. The maximum Gasteiger partial charge on any atom is 0.263 e. The van der Waals surface area contributed by atoms with Crippen LogP contribution in [0.4, 0.5) is 0 Å². The van der Waals surface area contributed by atoms with Gasteiger partial charge in [-0.2, -0.15) is 0 Å². The molecule has 0 fully saturated rings. The zero-order valence-corrected chi connectivity index (χ0v) is 13.9. The summed E-state index contributed by atoms with van der Waals surface area (Å²) in [4.78, 5) is 31.8. The van der Waals surface area contributed by atoms with Gasteiger partial charge in [0.2, 0.25) is 0 Å². The summed E-state index contributed by atoms with van der Waals surface area (Å²) >= 11 is 0. The molecule has 0 aliphatic heterocycles. The summed E-state index contributed by atoms with van der Waals surface area (Å²) in [6, 6.07) is 1.82. The van der Waals surface area contributed by atoms with E-state index in [1.54, 1.807) is 30.2 Å². The average molecular weight is 316 g/mol. The van der Waals surface area contributed by atoms with E-state index in [-0.39, 0.29) is 17.0 Å². The zero-order valence-electron chi connectivity index (χ0n) is 13.9. The number of H-pyrrole nitrogens is 1. The number of carbonyl (C=O) groups is 1. The number of nitrogens with one attached hydrogen (secondary N) is 2. The van der Waals surface area contributed by atoms with Gasteiger partial charge in [-0.05, 0) is 30.9 Å². The number of aryl methyl sites for hydroxylation is 2. The Kier molecular flexibility index (Phi) is 5.73. The average Bonchev–Trinajstić information content (AvgIpc) is 2.99. The Balaban J connectivity index is 2.06. The lowest BCUT2D eigenvalue weighted by Gasteiger charge is -2.12. The highest BCUT2D eigenvalue weighted by molar-refractivity contribution is 5.95. The second kappa shape index (κ2) is 7.76. The second-order valence-electron chi connectivity index (χ2n) is 6.14. The molecule has 0 aliphatic carbocycles. The fourth-order valence-electron chi connectivity index (χ4n) is 2.34. The van der Waals surface area contributed by atoms with Crippen LogP contribution in [0.3, 0.4) is 0 Å². The first kappa shape index (κ1) is 17.0. The molecule has 0 bridgehead atoms. The maximum atomic E-state index is 12.5. The third kappa shape index (κ3) is 4.55. The Bertz CT molecular complexity index is 702. The minimum absolute atomic E-state index is 0.218. The SMILES string of the molecule is Cc1ccn(CCC(C)C)c(=O)c1C(=O)NCCc1cnc[nH]1. The van der Waals surface area contributed by atoms with E-state index in [2.05, 4.69) is 29.1 Å². The summed E-state index contributed by atoms with van der Waals surface area (Å²) in [5, 5.41) is 2.81. The van der Waals surface area contributed by atoms with Crippen LogP contribution in [0.1, 0.15) is 41.9 Å². The number of hydrogen-bond donors (Lipinski definition) is 2. The molecule has 2 N–H and O–H groups in total. The molecule has 1 amide bonds. The van der Waals surface area contributed by atoms with Crippen molar-refractivity contribution in [3.8, 4) is 0 Å². The van der Waals surface area contributed by atoms with Crippen molar-refractivity contribution in [2.75, 3.05) is 6.54 Å². The zero-order chi connectivity index (χ0) is 16.8. The molecule has 2 rings (SSSR count). The van der Waals surface area contributed by atoms with E-state index >= 15 is 0 Å². The van der Waals surface area contributed by atoms with Gasteiger partial charge in [-0.15, -0.1) is 0 Å². The van der Waals surface area contributed by atoms with Gasteiger partial charge in [-0.3, -0.25) is 9.59 Å². The van der Waals surface area contributed by atoms with E-state index in [0.29, 0.717) is 31.0 Å². The van der Waals surface area contributed by atoms with Crippen LogP contribution in [0.15, 0.2) is 29.6 Å². The molecule has 23 heavy (non-hydrogen) atoms. The van der Waals surface area contributed by atoms with E-state index in [1.807, 2.05) is 6.07 Å². The minimum Gasteiger partial charge on any atom is -0.351 e. The summed E-state index contributed by atoms with van der Waals surface area (Å²) in [6.45, 7) is 7.11. The van der Waals surface area contributed by atoms with Crippen LogP contribution in [-0.4, -0.2) is 27.0 Å². The van der Waals surface area contributed by atoms with E-state index < -0.39 is 0 Å². The topological polar surface area (TPSA) is 79.8 Å². The number of aromatic amines is 1. The van der Waals surface area contributed by atoms with Gasteiger partial charge >= 0.3 is 0 Å². The quantitative estimate of drug-likeness (QED) is 0.819. The smallest absolute Gasteiger partial charge is 0.263 e. The Morgan fingerprint density at radius 1 is 1.43 bits per heavy atom. The molecule has 6 heteroatoms. The van der Waals surface area contributed by atoms with Crippen molar-refractivity contribution in [2.24, 2.45) is 5.92 Å². The molecule has 2 aromatic rings. The molecule has 0 aromatic carbocycles. The molecule has 0 saturated heterocycles. The molecule has 6 nitrogen and oxygen atoms in total. The van der Waals surface area contributed by atoms with Gasteiger partial charge < -0.3 is 14.9 Å². The lowest BCUT2D eigenvalue weighted by Crippen LogP contribution is -2.35. The molecule has 0 spiro atoms. The van der Waals surface area contributed by atoms with Crippen molar-refractivity contribution >= 4 is 5.91 Å². The molecular formula is C17H24N4O2. The van der Waals surface area contributed by atoms with Crippen LogP contribution in [0.5, 0.6) is 0 Å². The van der Waals surface area contributed by atoms with Crippen molar-refractivity contribution in [1.82, 2.24) is 19.9 Å². The third-order valence-electron chi connectivity index (χ3n) is 3.78. The Hall–Kier alpha value is -2.37. The molecule has 0 atom stereocenters. The number of carbonyl (C=O) groups excluding carboxylic acids is 1. The predicted molar refractivity (Wildman–Crippen MR) is 89.5 cm³/mol. The Labute approximate surface area is 136 Å². The number of nitrogens with zero attached hydrogens (tertiary/aromatic N) is 2. The lowest BCUT2D eigenvalue weighted by molar-refractivity contribution is 0.0951. The van der Waals surface area contributed by atoms with Gasteiger partial charge in [0, 0.05) is 37.6 Å². The molecule has 0 aliphatic rings. The number of rotatable bonds is 7. The van der Waals surface area contributed by atoms with Crippen molar-refractivity contribution in [2.45, 2.75) is 40.2 Å². The van der Waals surface area contributed by atoms with Crippen LogP contribution in [0.2, 0.25) is 0 Å². The van der Waals surface area contributed by atoms with Gasteiger partial charge in [0.1, 0.15) is 5.56 Å². The highest BCUT2D eigenvalue weighted by Gasteiger charge is 2.15. The summed E-state index contributed by atoms with van der Waals surface area (Å²) < 4.78 is 1.62. The van der Waals surface area contributed by atoms with Gasteiger partial charge in [0.15, 0.2) is 0 Å². The summed E-state index contributed by atoms with van der Waals surface area (Å²) in [5.41, 5.74) is 1.67. The van der Waals surface area contributed by atoms with Crippen LogP contribution in [0.25, 0.3) is 0 Å². The van der Waals surface area contributed by atoms with Gasteiger partial charge in [0.25, 0.3) is 11.5 Å². The van der Waals surface area contributed by atoms with E-state index in [9.17, 15) is 9.59 Å². The lowest BCUT2D eigenvalue weighted by atomic mass is 10.1. The summed E-state index contributed by atoms with van der Waals surface area (Å²) in [7, 11) is 0. The minimum atomic E-state index is -0.314. The number of aromatic nitrogens is 3. The first-order chi connectivity index (χ1) is 11.0. The van der Waals surface area contributed by atoms with Crippen LogP contribution in [-0.2, 0) is 13.0 Å². The maximum absolute atomic E-state index is 12.5. The molecule has 2 aromatic heterocycles. The van der Waals surface area contributed by atoms with Gasteiger partial charge in [0.05, 0.1) is 6.33 Å². The molecule has 0 saturated carbocycles. The van der Waals surface area contributed by atoms with Crippen molar-refractivity contribution in [3.63, 3.8) is 0 Å². The first-order valence-electron chi connectivity index (χ1n) is 7.94. The molecular weight excluding hydrogens is 292 g/mol. The fraction of sp³-hybridized carbons (Fsp3) is 0.471. The van der Waals surface area contributed by atoms with E-state index in [1.165, 1.54) is 0 Å². The molecule has 2 heterocycles. The van der Waals surface area contributed by atoms with Crippen LogP contribution >= 0.6 is 0 Å². The van der Waals surface area contributed by atoms with Crippen LogP contribution in [0, 0.1) is 12.8 Å². The van der Waals surface area contributed by atoms with Gasteiger partial charge in [-0.25, -0.2) is 4.98 Å². The monoisotopic (exact) mass is 316 g/mol. The largest absolute Gasteiger partial charge is 0.351 e. The van der Waals surface area contributed by atoms with Gasteiger partial charge in [-0.1, -0.05) is 13.8 Å². The predicted octanol–water partition coefficient (Wildman–Crippen LogP) is 1.90. The second-order valence-corrected chi connectivity index (χ2v) is 6.14. The highest BCUT2D eigenvalue weighted by atomic mass is 16.2. The molecule has 124 valence electrons. The van der Waals surface area contributed by atoms with Crippen LogP contribution < -0.4 is 10.9 Å². The third-order valence-corrected chi connectivity index (χ3v) is 3.78. The molecule has 0 radical (unpaired) electrons. The van der Waals surface area contributed by atoms with E-state index in [0.717, 1.165) is 12.1 Å². The highest BCUT2D eigenvalue weighted by Crippen LogP contribution is 2.05. The van der Waals surface area contributed by atoms with E-state index in [4.69, 9.17) is 0 Å². The van der Waals surface area contributed by atoms with Crippen molar-refractivity contribution < 1.29 is 4.79 Å². The summed E-state index contributed by atoms with van der Waals surface area (Å²) in [5.74, 6) is 0.195. The normalized spacial score (nSPS) is 11.0. The Morgan fingerprint density at radius 3 is 2.87 bits per heavy atom. The fourth-order valence-corrected chi connectivity index (χ4v) is 2.34. The number of hydrogen-bond acceptors (Lipinski definition) is 3. The van der Waals surface area contributed by atoms with Crippen molar-refractivity contribution in [1.29, 1.82) is 0 Å². The molecule has 0 unspecified atom stereocenters. The Morgan fingerprint density at radius 2 is 2.22 bits per heavy atom. The standard InChI is InChI=1S/C17H24N4O2/c1-12(2)5-8-21-9-6-13(3)15(17(21)23)16(22)19-7-4-14-10-18-11-20-14/h6,9-12H,4-5,7-8H2,1-3H3,(H,18,20)(H,19,22).